The molecule has 2 saturated heterocycles. The third-order valence-corrected chi connectivity index (χ3v) is 6.26. The molecule has 1 aromatic carbocycles. The summed E-state index contributed by atoms with van der Waals surface area (Å²) in [5, 5.41) is 3.10. The molecule has 2 aliphatic heterocycles. The van der Waals surface area contributed by atoms with E-state index in [2.05, 4.69) is 14.9 Å². The molecule has 23 heavy (non-hydrogen) atoms. The van der Waals surface area contributed by atoms with Crippen molar-refractivity contribution in [2.45, 2.75) is 42.7 Å². The van der Waals surface area contributed by atoms with E-state index in [0.717, 1.165) is 25.9 Å². The van der Waals surface area contributed by atoms with Gasteiger partial charge in [0.25, 0.3) is 5.91 Å². The van der Waals surface area contributed by atoms with Crippen molar-refractivity contribution in [3.63, 3.8) is 0 Å². The minimum atomic E-state index is -3.54. The maximum Gasteiger partial charge on any atom is 0.251 e. The lowest BCUT2D eigenvalue weighted by molar-refractivity contribution is 0.0915. The Morgan fingerprint density at radius 3 is 2.83 bits per heavy atom. The number of carbonyl (C=O) groups excluding carboxylic acids is 1. The lowest BCUT2D eigenvalue weighted by Gasteiger charge is -2.32. The summed E-state index contributed by atoms with van der Waals surface area (Å²) < 4.78 is 26.0. The van der Waals surface area contributed by atoms with Crippen LogP contribution in [0.15, 0.2) is 29.2 Å². The summed E-state index contributed by atoms with van der Waals surface area (Å²) in [4.78, 5) is 15.1. The second-order valence-electron chi connectivity index (χ2n) is 6.20. The summed E-state index contributed by atoms with van der Waals surface area (Å²) in [7, 11) is -2.18. The second-order valence-corrected chi connectivity index (χ2v) is 8.09. The van der Waals surface area contributed by atoms with Crippen molar-refractivity contribution >= 4 is 15.9 Å². The van der Waals surface area contributed by atoms with Crippen LogP contribution in [0.3, 0.4) is 0 Å². The molecule has 2 unspecified atom stereocenters. The molecule has 0 aliphatic carbocycles. The van der Waals surface area contributed by atoms with Crippen LogP contribution in [0.25, 0.3) is 0 Å². The predicted octanol–water partition coefficient (Wildman–Crippen LogP) is 0.951. The number of piperidine rings is 1. The summed E-state index contributed by atoms with van der Waals surface area (Å²) in [6, 6.07) is 6.75. The van der Waals surface area contributed by atoms with Gasteiger partial charge in [0.2, 0.25) is 10.0 Å². The molecular formula is C16H23N3O3S. The Hall–Kier alpha value is -1.44. The number of amides is 1. The Morgan fingerprint density at radius 1 is 1.22 bits per heavy atom. The lowest BCUT2D eigenvalue weighted by Crippen LogP contribution is -2.46. The minimum Gasteiger partial charge on any atom is -0.348 e. The van der Waals surface area contributed by atoms with Gasteiger partial charge < -0.3 is 5.32 Å². The number of hydrogen-bond donors (Lipinski definition) is 2. The highest BCUT2D eigenvalue weighted by Crippen LogP contribution is 2.27. The van der Waals surface area contributed by atoms with Crippen molar-refractivity contribution in [2.24, 2.45) is 0 Å². The first kappa shape index (κ1) is 16.4. The van der Waals surface area contributed by atoms with Crippen molar-refractivity contribution in [3.05, 3.63) is 29.8 Å². The van der Waals surface area contributed by atoms with Gasteiger partial charge in [0, 0.05) is 24.2 Å². The molecule has 1 amide bonds. The number of rotatable bonds is 4. The van der Waals surface area contributed by atoms with Crippen LogP contribution in [0.1, 0.15) is 36.0 Å². The lowest BCUT2D eigenvalue weighted by atomic mass is 9.99. The first-order valence-electron chi connectivity index (χ1n) is 8.10. The van der Waals surface area contributed by atoms with E-state index in [1.54, 1.807) is 12.1 Å². The number of nitrogens with zero attached hydrogens (tertiary/aromatic N) is 1. The molecule has 0 radical (unpaired) electrons. The zero-order chi connectivity index (χ0) is 16.4. The Bertz CT molecular complexity index is 690. The topological polar surface area (TPSA) is 78.5 Å². The molecule has 2 N–H and O–H groups in total. The summed E-state index contributed by atoms with van der Waals surface area (Å²) in [6.45, 7) is 2.15. The van der Waals surface area contributed by atoms with E-state index in [1.165, 1.54) is 32.0 Å². The highest BCUT2D eigenvalue weighted by molar-refractivity contribution is 7.89. The maximum atomic E-state index is 12.5. The zero-order valence-corrected chi connectivity index (χ0v) is 14.1. The number of carbonyl (C=O) groups is 1. The van der Waals surface area contributed by atoms with E-state index in [1.807, 2.05) is 0 Å². The van der Waals surface area contributed by atoms with Crippen LogP contribution >= 0.6 is 0 Å². The van der Waals surface area contributed by atoms with E-state index >= 15 is 0 Å². The number of fused-ring (bicyclic) bond motifs is 1. The minimum absolute atomic E-state index is 0.110. The van der Waals surface area contributed by atoms with Gasteiger partial charge in [-0.1, -0.05) is 12.5 Å². The average Bonchev–Trinajstić information content (AvgIpc) is 2.98. The molecule has 2 heterocycles. The summed E-state index contributed by atoms with van der Waals surface area (Å²) in [6.07, 6.45) is 4.54. The van der Waals surface area contributed by atoms with Gasteiger partial charge in [-0.2, -0.15) is 0 Å². The van der Waals surface area contributed by atoms with Gasteiger partial charge in [0.1, 0.15) is 0 Å². The first-order chi connectivity index (χ1) is 11.0. The van der Waals surface area contributed by atoms with Gasteiger partial charge in [-0.3, -0.25) is 9.69 Å². The number of hydrogen-bond acceptors (Lipinski definition) is 4. The highest BCUT2D eigenvalue weighted by Gasteiger charge is 2.36. The summed E-state index contributed by atoms with van der Waals surface area (Å²) in [5.41, 5.74) is 0.385. The normalized spacial score (nSPS) is 25.1. The molecule has 0 saturated carbocycles. The quantitative estimate of drug-likeness (QED) is 0.857. The maximum absolute atomic E-state index is 12.5. The van der Waals surface area contributed by atoms with E-state index in [0.29, 0.717) is 11.6 Å². The number of nitrogens with one attached hydrogen (secondary N) is 2. The first-order valence-corrected chi connectivity index (χ1v) is 9.58. The molecule has 0 bridgehead atoms. The highest BCUT2D eigenvalue weighted by atomic mass is 32.2. The van der Waals surface area contributed by atoms with Crippen LogP contribution in [0.4, 0.5) is 0 Å². The molecule has 2 atom stereocenters. The smallest absolute Gasteiger partial charge is 0.251 e. The fraction of sp³-hybridized carbons (Fsp3) is 0.562. The summed E-state index contributed by atoms with van der Waals surface area (Å²) >= 11 is 0. The number of sulfonamides is 1. The average molecular weight is 337 g/mol. The van der Waals surface area contributed by atoms with Gasteiger partial charge in [0.15, 0.2) is 0 Å². The zero-order valence-electron chi connectivity index (χ0n) is 13.3. The van der Waals surface area contributed by atoms with E-state index < -0.39 is 10.0 Å². The molecule has 0 aromatic heterocycles. The third-order valence-electron chi connectivity index (χ3n) is 4.85. The molecular weight excluding hydrogens is 314 g/mol. The predicted molar refractivity (Wildman–Crippen MR) is 87.8 cm³/mol. The van der Waals surface area contributed by atoms with E-state index in [4.69, 9.17) is 0 Å². The Labute approximate surface area is 137 Å². The van der Waals surface area contributed by atoms with Crippen molar-refractivity contribution < 1.29 is 13.2 Å². The van der Waals surface area contributed by atoms with Crippen molar-refractivity contribution in [1.82, 2.24) is 14.9 Å². The molecule has 3 rings (SSSR count). The van der Waals surface area contributed by atoms with Crippen LogP contribution in [-0.4, -0.2) is 51.4 Å². The summed E-state index contributed by atoms with van der Waals surface area (Å²) in [5.74, 6) is -0.199. The van der Waals surface area contributed by atoms with Crippen LogP contribution in [0.5, 0.6) is 0 Å². The molecule has 7 heteroatoms. The molecule has 2 fully saturated rings. The fourth-order valence-corrected chi connectivity index (χ4v) is 4.37. The van der Waals surface area contributed by atoms with Crippen LogP contribution in [-0.2, 0) is 10.0 Å². The van der Waals surface area contributed by atoms with E-state index in [-0.39, 0.29) is 16.8 Å². The Kier molecular flexibility index (Phi) is 4.70. The van der Waals surface area contributed by atoms with Gasteiger partial charge in [-0.15, -0.1) is 0 Å². The van der Waals surface area contributed by atoms with Crippen molar-refractivity contribution in [1.29, 1.82) is 0 Å². The standard InChI is InChI=1S/C16H23N3O3S/c1-17-23(21,22)13-6-4-5-12(11-13)16(20)18-14-8-10-19-9-3-2-7-15(14)19/h4-6,11,14-15,17H,2-3,7-10H2,1H3,(H,18,20). The number of benzene rings is 1. The van der Waals surface area contributed by atoms with Crippen LogP contribution in [0, 0.1) is 0 Å². The largest absolute Gasteiger partial charge is 0.348 e. The van der Waals surface area contributed by atoms with Gasteiger partial charge in [-0.05, 0) is 51.1 Å². The molecule has 1 aromatic rings. The van der Waals surface area contributed by atoms with E-state index in [9.17, 15) is 13.2 Å². The van der Waals surface area contributed by atoms with Crippen LogP contribution in [0.2, 0.25) is 0 Å². The second kappa shape index (κ2) is 6.59. The van der Waals surface area contributed by atoms with Gasteiger partial charge in [-0.25, -0.2) is 13.1 Å². The molecule has 2 aliphatic rings. The fourth-order valence-electron chi connectivity index (χ4n) is 3.59. The van der Waals surface area contributed by atoms with Crippen LogP contribution < -0.4 is 10.0 Å². The van der Waals surface area contributed by atoms with Gasteiger partial charge >= 0.3 is 0 Å². The monoisotopic (exact) mass is 337 g/mol. The van der Waals surface area contributed by atoms with Crippen molar-refractivity contribution in [3.8, 4) is 0 Å². The van der Waals surface area contributed by atoms with Crippen molar-refractivity contribution in [2.75, 3.05) is 20.1 Å². The molecule has 126 valence electrons. The third kappa shape index (κ3) is 3.41. The Balaban J connectivity index is 1.73. The SMILES string of the molecule is CNS(=O)(=O)c1cccc(C(=O)NC2CCN3CCCCC23)c1. The molecule has 6 nitrogen and oxygen atoms in total. The Morgan fingerprint density at radius 2 is 2.04 bits per heavy atom. The van der Waals surface area contributed by atoms with Gasteiger partial charge in [0.05, 0.1) is 4.90 Å². The molecule has 0 spiro atoms.